The Bertz CT molecular complexity index is 483. The molecule has 5 heteroatoms. The molecule has 2 rings (SSSR count). The molecule has 0 unspecified atom stereocenters. The maximum atomic E-state index is 4.23. The summed E-state index contributed by atoms with van der Waals surface area (Å²) in [5.41, 5.74) is 1.33. The van der Waals surface area contributed by atoms with Gasteiger partial charge in [0.25, 0.3) is 0 Å². The third kappa shape index (κ3) is 4.29. The van der Waals surface area contributed by atoms with Gasteiger partial charge in [-0.25, -0.2) is 0 Å². The molecule has 0 saturated carbocycles. The highest BCUT2D eigenvalue weighted by Crippen LogP contribution is 2.17. The predicted molar refractivity (Wildman–Crippen MR) is 80.3 cm³/mol. The van der Waals surface area contributed by atoms with Crippen LogP contribution in [0.5, 0.6) is 0 Å². The van der Waals surface area contributed by atoms with E-state index in [0.29, 0.717) is 0 Å². The summed E-state index contributed by atoms with van der Waals surface area (Å²) in [7, 11) is 0. The molecule has 0 aliphatic carbocycles. The summed E-state index contributed by atoms with van der Waals surface area (Å²) < 4.78 is 0. The Morgan fingerprint density at radius 1 is 1.11 bits per heavy atom. The zero-order valence-corrected chi connectivity index (χ0v) is 12.3. The molecule has 2 aromatic rings. The standard InChI is InChI=1S/C14H20N4S/c1-3-15-14-17-16-13(19-14)11-18(4-2)10-12-8-6-5-7-9-12/h5-9H,3-4,10-11H2,1-2H3,(H,15,17). The summed E-state index contributed by atoms with van der Waals surface area (Å²) in [5, 5.41) is 13.5. The Balaban J connectivity index is 1.94. The molecular formula is C14H20N4S. The van der Waals surface area contributed by atoms with E-state index in [2.05, 4.69) is 58.5 Å². The minimum absolute atomic E-state index is 0.856. The minimum Gasteiger partial charge on any atom is -0.360 e. The number of aromatic nitrogens is 2. The van der Waals surface area contributed by atoms with Crippen molar-refractivity contribution in [3.8, 4) is 0 Å². The first-order chi connectivity index (χ1) is 9.31. The van der Waals surface area contributed by atoms with E-state index in [1.807, 2.05) is 6.07 Å². The molecule has 0 atom stereocenters. The van der Waals surface area contributed by atoms with E-state index in [9.17, 15) is 0 Å². The summed E-state index contributed by atoms with van der Waals surface area (Å²) >= 11 is 1.64. The highest BCUT2D eigenvalue weighted by molar-refractivity contribution is 7.15. The van der Waals surface area contributed by atoms with Gasteiger partial charge in [0.1, 0.15) is 5.01 Å². The van der Waals surface area contributed by atoms with Gasteiger partial charge in [-0.2, -0.15) is 0 Å². The van der Waals surface area contributed by atoms with Crippen molar-refractivity contribution in [3.05, 3.63) is 40.9 Å². The lowest BCUT2D eigenvalue weighted by Gasteiger charge is -2.18. The third-order valence-corrected chi connectivity index (χ3v) is 3.72. The van der Waals surface area contributed by atoms with Gasteiger partial charge < -0.3 is 5.32 Å². The first-order valence-corrected chi connectivity index (χ1v) is 7.46. The zero-order chi connectivity index (χ0) is 13.5. The Morgan fingerprint density at radius 2 is 1.89 bits per heavy atom. The number of rotatable bonds is 7. The monoisotopic (exact) mass is 276 g/mol. The van der Waals surface area contributed by atoms with Gasteiger partial charge in [-0.05, 0) is 19.0 Å². The summed E-state index contributed by atoms with van der Waals surface area (Å²) in [5.74, 6) is 0. The molecule has 1 heterocycles. The Hall–Kier alpha value is -1.46. The molecule has 0 aliphatic heterocycles. The van der Waals surface area contributed by atoms with Crippen molar-refractivity contribution in [2.24, 2.45) is 0 Å². The summed E-state index contributed by atoms with van der Waals surface area (Å²) in [4.78, 5) is 2.37. The van der Waals surface area contributed by atoms with Crippen molar-refractivity contribution in [2.75, 3.05) is 18.4 Å². The summed E-state index contributed by atoms with van der Waals surface area (Å²) in [6.45, 7) is 7.94. The van der Waals surface area contributed by atoms with E-state index in [0.717, 1.165) is 36.3 Å². The van der Waals surface area contributed by atoms with Gasteiger partial charge in [0.15, 0.2) is 0 Å². The Morgan fingerprint density at radius 3 is 2.58 bits per heavy atom. The van der Waals surface area contributed by atoms with Gasteiger partial charge in [-0.15, -0.1) is 10.2 Å². The third-order valence-electron chi connectivity index (χ3n) is 2.85. The first kappa shape index (κ1) is 14.0. The van der Waals surface area contributed by atoms with E-state index in [-0.39, 0.29) is 0 Å². The second kappa shape index (κ2) is 7.21. The highest BCUT2D eigenvalue weighted by atomic mass is 32.1. The average Bonchev–Trinajstić information content (AvgIpc) is 2.87. The van der Waals surface area contributed by atoms with E-state index in [1.165, 1.54) is 5.56 Å². The van der Waals surface area contributed by atoms with Crippen LogP contribution in [0.25, 0.3) is 0 Å². The van der Waals surface area contributed by atoms with Crippen LogP contribution in [0.15, 0.2) is 30.3 Å². The van der Waals surface area contributed by atoms with Gasteiger partial charge in [0.2, 0.25) is 5.13 Å². The van der Waals surface area contributed by atoms with Crippen LogP contribution < -0.4 is 5.32 Å². The molecule has 0 radical (unpaired) electrons. The largest absolute Gasteiger partial charge is 0.360 e. The SMILES string of the molecule is CCNc1nnc(CN(CC)Cc2ccccc2)s1. The van der Waals surface area contributed by atoms with E-state index < -0.39 is 0 Å². The number of benzene rings is 1. The Kier molecular flexibility index (Phi) is 5.30. The fourth-order valence-corrected chi connectivity index (χ4v) is 2.70. The molecule has 0 amide bonds. The van der Waals surface area contributed by atoms with Crippen LogP contribution >= 0.6 is 11.3 Å². The number of hydrogen-bond acceptors (Lipinski definition) is 5. The maximum absolute atomic E-state index is 4.23. The van der Waals surface area contributed by atoms with Gasteiger partial charge in [0, 0.05) is 13.1 Å². The van der Waals surface area contributed by atoms with Gasteiger partial charge >= 0.3 is 0 Å². The van der Waals surface area contributed by atoms with Crippen LogP contribution in [0.3, 0.4) is 0 Å². The molecule has 1 aromatic carbocycles. The molecule has 1 N–H and O–H groups in total. The molecular weight excluding hydrogens is 256 g/mol. The predicted octanol–water partition coefficient (Wildman–Crippen LogP) is 2.99. The zero-order valence-electron chi connectivity index (χ0n) is 11.5. The average molecular weight is 276 g/mol. The summed E-state index contributed by atoms with van der Waals surface area (Å²) in [6, 6.07) is 10.5. The second-order valence-electron chi connectivity index (χ2n) is 4.32. The lowest BCUT2D eigenvalue weighted by atomic mass is 10.2. The number of nitrogens with zero attached hydrogens (tertiary/aromatic N) is 3. The molecule has 19 heavy (non-hydrogen) atoms. The van der Waals surface area contributed by atoms with Crippen LogP contribution in [0, 0.1) is 0 Å². The molecule has 0 bridgehead atoms. The van der Waals surface area contributed by atoms with E-state index in [4.69, 9.17) is 0 Å². The summed E-state index contributed by atoms with van der Waals surface area (Å²) in [6.07, 6.45) is 0. The lowest BCUT2D eigenvalue weighted by Crippen LogP contribution is -2.22. The Labute approximate surface area is 118 Å². The van der Waals surface area contributed by atoms with Crippen LogP contribution in [0.4, 0.5) is 5.13 Å². The number of nitrogens with one attached hydrogen (secondary N) is 1. The lowest BCUT2D eigenvalue weighted by molar-refractivity contribution is 0.270. The molecule has 0 fully saturated rings. The van der Waals surface area contributed by atoms with E-state index in [1.54, 1.807) is 11.3 Å². The van der Waals surface area contributed by atoms with Crippen molar-refractivity contribution in [3.63, 3.8) is 0 Å². The van der Waals surface area contributed by atoms with Gasteiger partial charge in [-0.3, -0.25) is 4.90 Å². The minimum atomic E-state index is 0.856. The van der Waals surface area contributed by atoms with Crippen molar-refractivity contribution < 1.29 is 0 Å². The molecule has 4 nitrogen and oxygen atoms in total. The quantitative estimate of drug-likeness (QED) is 0.844. The van der Waals surface area contributed by atoms with Crippen LogP contribution in [-0.2, 0) is 13.1 Å². The topological polar surface area (TPSA) is 41.1 Å². The number of anilines is 1. The van der Waals surface area contributed by atoms with Crippen molar-refractivity contribution in [2.45, 2.75) is 26.9 Å². The fourth-order valence-electron chi connectivity index (χ4n) is 1.85. The van der Waals surface area contributed by atoms with Crippen LogP contribution in [0.2, 0.25) is 0 Å². The van der Waals surface area contributed by atoms with Gasteiger partial charge in [0.05, 0.1) is 6.54 Å². The van der Waals surface area contributed by atoms with Crippen LogP contribution in [0.1, 0.15) is 24.4 Å². The van der Waals surface area contributed by atoms with Crippen molar-refractivity contribution in [1.29, 1.82) is 0 Å². The first-order valence-electron chi connectivity index (χ1n) is 6.64. The molecule has 0 aliphatic rings. The van der Waals surface area contributed by atoms with Crippen molar-refractivity contribution in [1.82, 2.24) is 15.1 Å². The molecule has 0 spiro atoms. The smallest absolute Gasteiger partial charge is 0.205 e. The molecule has 0 saturated heterocycles. The molecule has 102 valence electrons. The molecule has 1 aromatic heterocycles. The second-order valence-corrected chi connectivity index (χ2v) is 5.38. The van der Waals surface area contributed by atoms with Crippen molar-refractivity contribution >= 4 is 16.5 Å². The maximum Gasteiger partial charge on any atom is 0.205 e. The number of hydrogen-bond donors (Lipinski definition) is 1. The normalized spacial score (nSPS) is 10.9. The van der Waals surface area contributed by atoms with Gasteiger partial charge in [-0.1, -0.05) is 48.6 Å². The highest BCUT2D eigenvalue weighted by Gasteiger charge is 2.09. The van der Waals surface area contributed by atoms with E-state index >= 15 is 0 Å². The fraction of sp³-hybridized carbons (Fsp3) is 0.429. The van der Waals surface area contributed by atoms with Crippen LogP contribution in [-0.4, -0.2) is 28.2 Å².